The number of carboxylic acid groups (broad SMARTS) is 1. The first-order valence-corrected chi connectivity index (χ1v) is 5.66. The lowest BCUT2D eigenvalue weighted by atomic mass is 10.2. The summed E-state index contributed by atoms with van der Waals surface area (Å²) >= 11 is 0. The average molecular weight is 250 g/mol. The van der Waals surface area contributed by atoms with E-state index in [0.717, 1.165) is 0 Å². The summed E-state index contributed by atoms with van der Waals surface area (Å²) in [5.41, 5.74) is 0.666. The monoisotopic (exact) mass is 250 g/mol. The van der Waals surface area contributed by atoms with E-state index >= 15 is 0 Å². The van der Waals surface area contributed by atoms with Gasteiger partial charge in [-0.2, -0.15) is 0 Å². The predicted octanol–water partition coefficient (Wildman–Crippen LogP) is 1.07. The molecule has 1 atom stereocenters. The molecule has 1 aliphatic heterocycles. The maximum atomic E-state index is 12.2. The van der Waals surface area contributed by atoms with Crippen LogP contribution in [0.15, 0.2) is 24.3 Å². The van der Waals surface area contributed by atoms with E-state index in [1.54, 1.807) is 12.1 Å². The quantitative estimate of drug-likeness (QED) is 0.822. The van der Waals surface area contributed by atoms with Gasteiger partial charge in [-0.15, -0.1) is 0 Å². The van der Waals surface area contributed by atoms with Crippen molar-refractivity contribution in [2.24, 2.45) is 0 Å². The summed E-state index contributed by atoms with van der Waals surface area (Å²) in [6, 6.07) is 6.27. The van der Waals surface area contributed by atoms with E-state index < -0.39 is 12.1 Å². The maximum absolute atomic E-state index is 12.2. The number of nitrogens with one attached hydrogen (secondary N) is 1. The van der Waals surface area contributed by atoms with Crippen molar-refractivity contribution in [1.29, 1.82) is 0 Å². The van der Waals surface area contributed by atoms with Crippen molar-refractivity contribution in [2.75, 3.05) is 18.1 Å². The molecule has 1 aromatic rings. The van der Waals surface area contributed by atoms with Crippen LogP contribution in [0.5, 0.6) is 5.75 Å². The van der Waals surface area contributed by atoms with Crippen LogP contribution in [0.25, 0.3) is 0 Å². The Morgan fingerprint density at radius 3 is 2.94 bits per heavy atom. The van der Waals surface area contributed by atoms with Crippen molar-refractivity contribution in [2.45, 2.75) is 13.0 Å². The molecule has 0 aromatic heterocycles. The van der Waals surface area contributed by atoms with Gasteiger partial charge in [-0.1, -0.05) is 12.1 Å². The molecule has 0 radical (unpaired) electrons. The molecule has 1 heterocycles. The molecule has 1 aromatic carbocycles. The third kappa shape index (κ3) is 2.22. The number of carbonyl (C=O) groups excluding carboxylic acids is 1. The van der Waals surface area contributed by atoms with Crippen LogP contribution in [0, 0.1) is 0 Å². The first-order valence-electron chi connectivity index (χ1n) is 5.66. The lowest BCUT2D eigenvalue weighted by Crippen LogP contribution is -2.50. The molecule has 6 heteroatoms. The second-order valence-corrected chi connectivity index (χ2v) is 3.86. The number of amides is 2. The fourth-order valence-corrected chi connectivity index (χ4v) is 1.93. The van der Waals surface area contributed by atoms with Crippen molar-refractivity contribution in [3.8, 4) is 5.75 Å². The van der Waals surface area contributed by atoms with Crippen molar-refractivity contribution >= 4 is 17.7 Å². The van der Waals surface area contributed by atoms with Crippen LogP contribution in [0.1, 0.15) is 6.92 Å². The Morgan fingerprint density at radius 1 is 1.56 bits per heavy atom. The van der Waals surface area contributed by atoms with Gasteiger partial charge in [0, 0.05) is 6.54 Å². The average Bonchev–Trinajstić information content (AvgIpc) is 2.47. The van der Waals surface area contributed by atoms with Crippen LogP contribution < -0.4 is 15.0 Å². The van der Waals surface area contributed by atoms with E-state index in [-0.39, 0.29) is 12.5 Å². The largest absolute Gasteiger partial charge is 0.489 e. The number of nitrogens with zero attached hydrogens (tertiary/aromatic N) is 1. The predicted molar refractivity (Wildman–Crippen MR) is 64.9 cm³/mol. The molecule has 2 N–H and O–H groups in total. The van der Waals surface area contributed by atoms with E-state index in [1.165, 1.54) is 4.90 Å². The molecule has 18 heavy (non-hydrogen) atoms. The Hall–Kier alpha value is -2.24. The van der Waals surface area contributed by atoms with Crippen LogP contribution in [0.2, 0.25) is 0 Å². The number of carbonyl (C=O) groups is 2. The van der Waals surface area contributed by atoms with Crippen molar-refractivity contribution < 1.29 is 19.4 Å². The molecular formula is C12H14N2O4. The summed E-state index contributed by atoms with van der Waals surface area (Å²) in [5, 5.41) is 10.9. The molecule has 0 saturated heterocycles. The molecule has 0 unspecified atom stereocenters. The van der Waals surface area contributed by atoms with E-state index in [1.807, 2.05) is 19.1 Å². The topological polar surface area (TPSA) is 78.9 Å². The van der Waals surface area contributed by atoms with Gasteiger partial charge in [0.15, 0.2) is 0 Å². The number of hydrogen-bond donors (Lipinski definition) is 2. The van der Waals surface area contributed by atoms with E-state index in [0.29, 0.717) is 18.0 Å². The van der Waals surface area contributed by atoms with Gasteiger partial charge < -0.3 is 20.1 Å². The summed E-state index contributed by atoms with van der Waals surface area (Å²) in [6.45, 7) is 2.29. The molecule has 96 valence electrons. The highest BCUT2D eigenvalue weighted by Crippen LogP contribution is 2.30. The standard InChI is InChI=1S/C12H14N2O4/c1-2-14-9-5-3-4-6-10(9)18-7-8(11(14)15)13-12(16)17/h3-6,8,13H,2,7H2,1H3,(H,16,17)/t8-/m0/s1. The van der Waals surface area contributed by atoms with Gasteiger partial charge in [-0.3, -0.25) is 4.79 Å². The zero-order chi connectivity index (χ0) is 13.1. The van der Waals surface area contributed by atoms with E-state index in [9.17, 15) is 9.59 Å². The van der Waals surface area contributed by atoms with Crippen molar-refractivity contribution in [1.82, 2.24) is 5.32 Å². The molecule has 2 rings (SSSR count). The summed E-state index contributed by atoms with van der Waals surface area (Å²) in [6.07, 6.45) is -1.24. The maximum Gasteiger partial charge on any atom is 0.405 e. The van der Waals surface area contributed by atoms with Crippen LogP contribution in [0.3, 0.4) is 0 Å². The number of anilines is 1. The first kappa shape index (κ1) is 12.2. The minimum atomic E-state index is -1.24. The molecule has 0 bridgehead atoms. The zero-order valence-electron chi connectivity index (χ0n) is 9.92. The Bertz CT molecular complexity index is 475. The summed E-state index contributed by atoms with van der Waals surface area (Å²) < 4.78 is 5.48. The fourth-order valence-electron chi connectivity index (χ4n) is 1.93. The fraction of sp³-hybridized carbons (Fsp3) is 0.333. The Morgan fingerprint density at radius 2 is 2.28 bits per heavy atom. The summed E-state index contributed by atoms with van der Waals surface area (Å²) in [7, 11) is 0. The highest BCUT2D eigenvalue weighted by Gasteiger charge is 2.31. The molecule has 0 saturated carbocycles. The van der Waals surface area contributed by atoms with E-state index in [2.05, 4.69) is 5.32 Å². The first-order chi connectivity index (χ1) is 8.63. The van der Waals surface area contributed by atoms with Gasteiger partial charge >= 0.3 is 6.09 Å². The van der Waals surface area contributed by atoms with Gasteiger partial charge in [0.1, 0.15) is 18.4 Å². The van der Waals surface area contributed by atoms with Gasteiger partial charge in [0.2, 0.25) is 0 Å². The number of likely N-dealkylation sites (N-methyl/N-ethyl adjacent to an activating group) is 1. The third-order valence-corrected chi connectivity index (χ3v) is 2.74. The molecule has 1 aliphatic rings. The summed E-state index contributed by atoms with van der Waals surface area (Å²) in [4.78, 5) is 24.4. The molecular weight excluding hydrogens is 236 g/mol. The van der Waals surface area contributed by atoms with Crippen LogP contribution in [-0.4, -0.2) is 36.3 Å². The Kier molecular flexibility index (Phi) is 3.36. The van der Waals surface area contributed by atoms with Gasteiger partial charge in [-0.25, -0.2) is 4.79 Å². The second kappa shape index (κ2) is 4.95. The van der Waals surface area contributed by atoms with Crippen molar-refractivity contribution in [3.63, 3.8) is 0 Å². The van der Waals surface area contributed by atoms with Crippen LogP contribution in [-0.2, 0) is 4.79 Å². The highest BCUT2D eigenvalue weighted by molar-refractivity contribution is 6.00. The third-order valence-electron chi connectivity index (χ3n) is 2.74. The van der Waals surface area contributed by atoms with Gasteiger partial charge in [0.25, 0.3) is 5.91 Å². The SMILES string of the molecule is CCN1C(=O)[C@@H](NC(=O)O)COc2ccccc21. The molecule has 0 fully saturated rings. The number of rotatable bonds is 2. The number of ether oxygens (including phenoxy) is 1. The van der Waals surface area contributed by atoms with Gasteiger partial charge in [-0.05, 0) is 19.1 Å². The minimum Gasteiger partial charge on any atom is -0.489 e. The smallest absolute Gasteiger partial charge is 0.405 e. The lowest BCUT2D eigenvalue weighted by Gasteiger charge is -2.22. The number of fused-ring (bicyclic) bond motifs is 1. The number of hydrogen-bond acceptors (Lipinski definition) is 3. The molecule has 0 aliphatic carbocycles. The Balaban J connectivity index is 2.33. The lowest BCUT2D eigenvalue weighted by molar-refractivity contribution is -0.120. The number of para-hydroxylation sites is 2. The highest BCUT2D eigenvalue weighted by atomic mass is 16.5. The zero-order valence-corrected chi connectivity index (χ0v) is 9.92. The molecule has 2 amide bonds. The van der Waals surface area contributed by atoms with E-state index in [4.69, 9.17) is 9.84 Å². The normalized spacial score (nSPS) is 18.6. The second-order valence-electron chi connectivity index (χ2n) is 3.86. The number of benzene rings is 1. The molecule has 0 spiro atoms. The summed E-state index contributed by atoms with van der Waals surface area (Å²) in [5.74, 6) is 0.284. The van der Waals surface area contributed by atoms with Crippen LogP contribution >= 0.6 is 0 Å². The van der Waals surface area contributed by atoms with Crippen LogP contribution in [0.4, 0.5) is 10.5 Å². The molecule has 6 nitrogen and oxygen atoms in total. The van der Waals surface area contributed by atoms with Crippen molar-refractivity contribution in [3.05, 3.63) is 24.3 Å². The Labute approximate surface area is 104 Å². The van der Waals surface area contributed by atoms with Gasteiger partial charge in [0.05, 0.1) is 5.69 Å². The minimum absolute atomic E-state index is 0.00134.